The summed E-state index contributed by atoms with van der Waals surface area (Å²) in [4.78, 5) is 4.53. The first-order chi connectivity index (χ1) is 9.70. The monoisotopic (exact) mass is 403 g/mol. The van der Waals surface area contributed by atoms with E-state index in [4.69, 9.17) is 0 Å². The molecule has 0 amide bonds. The van der Waals surface area contributed by atoms with Crippen LogP contribution in [0.25, 0.3) is 0 Å². The van der Waals surface area contributed by atoms with Crippen molar-refractivity contribution in [2.24, 2.45) is 10.9 Å². The number of aliphatic imine (C=N–C) groups is 1. The Balaban J connectivity index is 0.00000220. The summed E-state index contributed by atoms with van der Waals surface area (Å²) in [6, 6.07) is 10.3. The Labute approximate surface area is 144 Å². The van der Waals surface area contributed by atoms with Crippen LogP contribution in [0.5, 0.6) is 0 Å². The number of benzene rings is 1. The van der Waals surface area contributed by atoms with E-state index >= 15 is 0 Å². The Kier molecular flexibility index (Phi) is 8.03. The van der Waals surface area contributed by atoms with Crippen LogP contribution in [0.2, 0.25) is 0 Å². The smallest absolute Gasteiger partial charge is 0.191 e. The minimum Gasteiger partial charge on any atom is -0.388 e. The molecule has 0 heterocycles. The lowest BCUT2D eigenvalue weighted by Crippen LogP contribution is -2.39. The van der Waals surface area contributed by atoms with E-state index in [-0.39, 0.29) is 24.0 Å². The van der Waals surface area contributed by atoms with Gasteiger partial charge in [0.15, 0.2) is 5.96 Å². The summed E-state index contributed by atoms with van der Waals surface area (Å²) >= 11 is 0. The third-order valence-corrected chi connectivity index (χ3v) is 3.63. The summed E-state index contributed by atoms with van der Waals surface area (Å²) in [5.41, 5.74) is 0.955. The number of hydrogen-bond acceptors (Lipinski definition) is 2. The topological polar surface area (TPSA) is 56.7 Å². The van der Waals surface area contributed by atoms with Crippen LogP contribution in [-0.4, -0.2) is 30.2 Å². The summed E-state index contributed by atoms with van der Waals surface area (Å²) in [5, 5.41) is 16.7. The summed E-state index contributed by atoms with van der Waals surface area (Å²) in [6.45, 7) is 5.77. The van der Waals surface area contributed by atoms with Gasteiger partial charge in [0.25, 0.3) is 0 Å². The predicted molar refractivity (Wildman–Crippen MR) is 98.1 cm³/mol. The maximum Gasteiger partial charge on any atom is 0.191 e. The van der Waals surface area contributed by atoms with Gasteiger partial charge < -0.3 is 15.7 Å². The molecule has 1 aromatic rings. The minimum atomic E-state index is -0.442. The molecule has 2 rings (SSSR count). The van der Waals surface area contributed by atoms with Crippen LogP contribution in [-0.2, 0) is 0 Å². The fourth-order valence-corrected chi connectivity index (χ4v) is 2.16. The maximum absolute atomic E-state index is 10.1. The largest absolute Gasteiger partial charge is 0.388 e. The Morgan fingerprint density at radius 2 is 2.05 bits per heavy atom. The molecule has 3 atom stereocenters. The molecule has 1 saturated carbocycles. The molecule has 1 fully saturated rings. The molecule has 1 aliphatic rings. The fraction of sp³-hybridized carbons (Fsp3) is 0.562. The van der Waals surface area contributed by atoms with Gasteiger partial charge in [-0.2, -0.15) is 0 Å². The van der Waals surface area contributed by atoms with Crippen LogP contribution in [0.4, 0.5) is 0 Å². The van der Waals surface area contributed by atoms with Gasteiger partial charge in [0.1, 0.15) is 0 Å². The van der Waals surface area contributed by atoms with Gasteiger partial charge in [-0.15, -0.1) is 24.0 Å². The highest BCUT2D eigenvalue weighted by atomic mass is 127. The Bertz CT molecular complexity index is 438. The standard InChI is InChI=1S/C16H25N3O.HI/c1-3-17-16(19-14-11-12(14)2)18-10-9-15(20)13-7-5-4-6-8-13;/h4-8,12,14-15,20H,3,9-11H2,1-2H3,(H2,17,18,19);1H. The molecule has 0 aliphatic heterocycles. The SMILES string of the molecule is CCNC(=NCCC(O)c1ccccc1)NC1CC1C.I. The van der Waals surface area contributed by atoms with Crippen molar-refractivity contribution in [3.63, 3.8) is 0 Å². The van der Waals surface area contributed by atoms with Crippen LogP contribution in [0.3, 0.4) is 0 Å². The lowest BCUT2D eigenvalue weighted by Gasteiger charge is -2.12. The zero-order valence-corrected chi connectivity index (χ0v) is 15.1. The Hall–Kier alpha value is -0.820. The van der Waals surface area contributed by atoms with Gasteiger partial charge in [-0.05, 0) is 31.2 Å². The molecule has 0 saturated heterocycles. The average Bonchev–Trinajstić information content (AvgIpc) is 3.15. The number of nitrogens with zero attached hydrogens (tertiary/aromatic N) is 1. The van der Waals surface area contributed by atoms with Gasteiger partial charge >= 0.3 is 0 Å². The van der Waals surface area contributed by atoms with Crippen molar-refractivity contribution in [2.75, 3.05) is 13.1 Å². The molecule has 0 radical (unpaired) electrons. The van der Waals surface area contributed by atoms with Gasteiger partial charge in [0.05, 0.1) is 6.10 Å². The molecule has 0 bridgehead atoms. The van der Waals surface area contributed by atoms with Crippen LogP contribution < -0.4 is 10.6 Å². The van der Waals surface area contributed by atoms with E-state index in [9.17, 15) is 5.11 Å². The van der Waals surface area contributed by atoms with Crippen molar-refractivity contribution in [1.29, 1.82) is 0 Å². The van der Waals surface area contributed by atoms with Crippen LogP contribution in [0.15, 0.2) is 35.3 Å². The summed E-state index contributed by atoms with van der Waals surface area (Å²) < 4.78 is 0. The van der Waals surface area contributed by atoms with Crippen LogP contribution >= 0.6 is 24.0 Å². The third kappa shape index (κ3) is 6.22. The van der Waals surface area contributed by atoms with Gasteiger partial charge in [0.2, 0.25) is 0 Å². The molecule has 4 nitrogen and oxygen atoms in total. The summed E-state index contributed by atoms with van der Waals surface area (Å²) in [5.74, 6) is 1.61. The number of aliphatic hydroxyl groups is 1. The highest BCUT2D eigenvalue weighted by molar-refractivity contribution is 14.0. The van der Waals surface area contributed by atoms with Crippen molar-refractivity contribution in [3.05, 3.63) is 35.9 Å². The van der Waals surface area contributed by atoms with E-state index in [1.165, 1.54) is 6.42 Å². The number of nitrogens with one attached hydrogen (secondary N) is 2. The molecule has 0 spiro atoms. The second-order valence-corrected chi connectivity index (χ2v) is 5.44. The highest BCUT2D eigenvalue weighted by Crippen LogP contribution is 2.28. The zero-order valence-electron chi connectivity index (χ0n) is 12.7. The quantitative estimate of drug-likeness (QED) is 0.389. The first-order valence-corrected chi connectivity index (χ1v) is 7.48. The first-order valence-electron chi connectivity index (χ1n) is 7.48. The maximum atomic E-state index is 10.1. The van der Waals surface area contributed by atoms with E-state index in [0.29, 0.717) is 19.0 Å². The van der Waals surface area contributed by atoms with E-state index in [0.717, 1.165) is 24.0 Å². The fourth-order valence-electron chi connectivity index (χ4n) is 2.16. The van der Waals surface area contributed by atoms with Crippen molar-refractivity contribution in [1.82, 2.24) is 10.6 Å². The molecule has 0 aromatic heterocycles. The minimum absolute atomic E-state index is 0. The third-order valence-electron chi connectivity index (χ3n) is 3.63. The van der Waals surface area contributed by atoms with Crippen molar-refractivity contribution >= 4 is 29.9 Å². The number of aliphatic hydroxyl groups excluding tert-OH is 1. The normalized spacial score (nSPS) is 22.1. The molecule has 5 heteroatoms. The van der Waals surface area contributed by atoms with Gasteiger partial charge in [0, 0.05) is 19.1 Å². The second-order valence-electron chi connectivity index (χ2n) is 5.44. The molecule has 3 unspecified atom stereocenters. The number of guanidine groups is 1. The lowest BCUT2D eigenvalue weighted by atomic mass is 10.1. The molecule has 118 valence electrons. The Morgan fingerprint density at radius 1 is 1.38 bits per heavy atom. The molecule has 3 N–H and O–H groups in total. The van der Waals surface area contributed by atoms with Gasteiger partial charge in [-0.25, -0.2) is 0 Å². The van der Waals surface area contributed by atoms with E-state index in [1.54, 1.807) is 0 Å². The van der Waals surface area contributed by atoms with E-state index < -0.39 is 6.10 Å². The van der Waals surface area contributed by atoms with Crippen molar-refractivity contribution < 1.29 is 5.11 Å². The van der Waals surface area contributed by atoms with Crippen molar-refractivity contribution in [3.8, 4) is 0 Å². The summed E-state index contributed by atoms with van der Waals surface area (Å²) in [7, 11) is 0. The first kappa shape index (κ1) is 18.2. The molecule has 21 heavy (non-hydrogen) atoms. The number of rotatable bonds is 6. The Morgan fingerprint density at radius 3 is 2.62 bits per heavy atom. The predicted octanol–water partition coefficient (Wildman–Crippen LogP) is 2.69. The average molecular weight is 403 g/mol. The highest BCUT2D eigenvalue weighted by Gasteiger charge is 2.33. The van der Waals surface area contributed by atoms with Gasteiger partial charge in [-0.3, -0.25) is 4.99 Å². The molecule has 1 aliphatic carbocycles. The van der Waals surface area contributed by atoms with E-state index in [1.807, 2.05) is 30.3 Å². The van der Waals surface area contributed by atoms with Crippen molar-refractivity contribution in [2.45, 2.75) is 38.8 Å². The van der Waals surface area contributed by atoms with Crippen LogP contribution in [0.1, 0.15) is 38.4 Å². The molecule has 1 aromatic carbocycles. The lowest BCUT2D eigenvalue weighted by molar-refractivity contribution is 0.170. The second kappa shape index (κ2) is 9.25. The molecular weight excluding hydrogens is 377 g/mol. The summed E-state index contributed by atoms with van der Waals surface area (Å²) in [6.07, 6.45) is 1.42. The van der Waals surface area contributed by atoms with E-state index in [2.05, 4.69) is 29.5 Å². The number of hydrogen-bond donors (Lipinski definition) is 3. The number of halogens is 1. The van der Waals surface area contributed by atoms with Gasteiger partial charge in [-0.1, -0.05) is 37.3 Å². The zero-order chi connectivity index (χ0) is 14.4. The molecular formula is C16H26IN3O. The van der Waals surface area contributed by atoms with Crippen LogP contribution in [0, 0.1) is 5.92 Å².